The molecule has 92 valence electrons. The number of hydrogen-bond donors (Lipinski definition) is 0. The Bertz CT molecular complexity index is 420. The lowest BCUT2D eigenvalue weighted by atomic mass is 10.2. The Morgan fingerprint density at radius 3 is 2.76 bits per heavy atom. The minimum Gasteiger partial charge on any atom is -0.468 e. The number of likely N-dealkylation sites (N-methyl/N-ethyl adjacent to an activating group) is 1. The summed E-state index contributed by atoms with van der Waals surface area (Å²) in [7, 11) is 1.31. The fraction of sp³-hybridized carbons (Fsp3) is 0.364. The molecule has 0 aliphatic carbocycles. The number of non-ortho nitro benzene ring substituents is 1. The molecule has 1 rings (SSSR count). The van der Waals surface area contributed by atoms with Crippen LogP contribution in [0.5, 0.6) is 0 Å². The van der Waals surface area contributed by atoms with Gasteiger partial charge in [0, 0.05) is 24.4 Å². The van der Waals surface area contributed by atoms with Gasteiger partial charge in [-0.3, -0.25) is 14.9 Å². The van der Waals surface area contributed by atoms with Gasteiger partial charge in [-0.05, 0) is 13.0 Å². The zero-order valence-corrected chi connectivity index (χ0v) is 9.75. The standard InChI is InChI=1S/C11H14N2O4/c1-3-12(8-11(14)17-2)9-5-4-6-10(7-9)13(15)16/h4-7H,3,8H2,1-2H3. The monoisotopic (exact) mass is 238 g/mol. The van der Waals surface area contributed by atoms with Gasteiger partial charge in [-0.1, -0.05) is 6.07 Å². The molecule has 1 aromatic rings. The van der Waals surface area contributed by atoms with E-state index >= 15 is 0 Å². The summed E-state index contributed by atoms with van der Waals surface area (Å²) in [5.74, 6) is -0.377. The Labute approximate surface area is 98.9 Å². The fourth-order valence-corrected chi connectivity index (χ4v) is 1.41. The zero-order chi connectivity index (χ0) is 12.8. The van der Waals surface area contributed by atoms with Crippen LogP contribution >= 0.6 is 0 Å². The Hall–Kier alpha value is -2.11. The lowest BCUT2D eigenvalue weighted by Crippen LogP contribution is -2.30. The number of ether oxygens (including phenoxy) is 1. The molecule has 0 aliphatic heterocycles. The van der Waals surface area contributed by atoms with Crippen molar-refractivity contribution in [2.45, 2.75) is 6.92 Å². The molecule has 0 N–H and O–H groups in total. The van der Waals surface area contributed by atoms with E-state index in [2.05, 4.69) is 4.74 Å². The van der Waals surface area contributed by atoms with Crippen LogP contribution in [0, 0.1) is 10.1 Å². The first-order chi connectivity index (χ1) is 8.08. The molecule has 0 bridgehead atoms. The third kappa shape index (κ3) is 3.44. The maximum absolute atomic E-state index is 11.2. The summed E-state index contributed by atoms with van der Waals surface area (Å²) in [5, 5.41) is 10.6. The highest BCUT2D eigenvalue weighted by atomic mass is 16.6. The van der Waals surface area contributed by atoms with Crippen molar-refractivity contribution >= 4 is 17.3 Å². The van der Waals surface area contributed by atoms with Gasteiger partial charge >= 0.3 is 5.97 Å². The van der Waals surface area contributed by atoms with Crippen molar-refractivity contribution in [1.29, 1.82) is 0 Å². The van der Waals surface area contributed by atoms with Crippen LogP contribution in [0.4, 0.5) is 11.4 Å². The van der Waals surface area contributed by atoms with Gasteiger partial charge in [0.05, 0.1) is 12.0 Å². The van der Waals surface area contributed by atoms with Crippen LogP contribution in [-0.4, -0.2) is 31.1 Å². The summed E-state index contributed by atoms with van der Waals surface area (Å²) in [5.41, 5.74) is 0.637. The van der Waals surface area contributed by atoms with E-state index < -0.39 is 4.92 Å². The molecule has 0 aromatic heterocycles. The number of esters is 1. The third-order valence-corrected chi connectivity index (χ3v) is 2.34. The summed E-state index contributed by atoms with van der Waals surface area (Å²) in [6.45, 7) is 2.51. The van der Waals surface area contributed by atoms with E-state index in [1.54, 1.807) is 17.0 Å². The molecule has 17 heavy (non-hydrogen) atoms. The highest BCUT2D eigenvalue weighted by Gasteiger charge is 2.13. The molecule has 0 aliphatic rings. The molecule has 0 fully saturated rings. The van der Waals surface area contributed by atoms with Crippen molar-refractivity contribution in [3.8, 4) is 0 Å². The second-order valence-electron chi connectivity index (χ2n) is 3.37. The molecule has 0 heterocycles. The second-order valence-corrected chi connectivity index (χ2v) is 3.37. The van der Waals surface area contributed by atoms with Gasteiger partial charge in [0.2, 0.25) is 0 Å². The zero-order valence-electron chi connectivity index (χ0n) is 9.75. The molecule has 0 amide bonds. The average molecular weight is 238 g/mol. The first kappa shape index (κ1) is 13.0. The summed E-state index contributed by atoms with van der Waals surface area (Å²) in [6, 6.07) is 6.16. The van der Waals surface area contributed by atoms with E-state index in [9.17, 15) is 14.9 Å². The summed E-state index contributed by atoms with van der Waals surface area (Å²) in [6.07, 6.45) is 0. The maximum Gasteiger partial charge on any atom is 0.325 e. The number of nitrogens with zero attached hydrogens (tertiary/aromatic N) is 2. The van der Waals surface area contributed by atoms with E-state index in [0.29, 0.717) is 12.2 Å². The van der Waals surface area contributed by atoms with Crippen molar-refractivity contribution in [2.75, 3.05) is 25.1 Å². The van der Waals surface area contributed by atoms with Crippen molar-refractivity contribution < 1.29 is 14.5 Å². The van der Waals surface area contributed by atoms with E-state index in [-0.39, 0.29) is 18.2 Å². The van der Waals surface area contributed by atoms with Crippen molar-refractivity contribution in [3.05, 3.63) is 34.4 Å². The second kappa shape index (κ2) is 5.83. The van der Waals surface area contributed by atoms with Crippen LogP contribution in [0.3, 0.4) is 0 Å². The minimum absolute atomic E-state index is 0.00539. The van der Waals surface area contributed by atoms with Crippen LogP contribution in [-0.2, 0) is 9.53 Å². The van der Waals surface area contributed by atoms with Gasteiger partial charge < -0.3 is 9.64 Å². The number of hydrogen-bond acceptors (Lipinski definition) is 5. The van der Waals surface area contributed by atoms with Crippen molar-refractivity contribution in [1.82, 2.24) is 0 Å². The van der Waals surface area contributed by atoms with Gasteiger partial charge in [-0.15, -0.1) is 0 Å². The predicted octanol–water partition coefficient (Wildman–Crippen LogP) is 1.59. The summed E-state index contributed by atoms with van der Waals surface area (Å²) < 4.78 is 4.57. The first-order valence-corrected chi connectivity index (χ1v) is 5.14. The summed E-state index contributed by atoms with van der Waals surface area (Å²) in [4.78, 5) is 23.1. The van der Waals surface area contributed by atoms with Crippen molar-refractivity contribution in [3.63, 3.8) is 0 Å². The van der Waals surface area contributed by atoms with Crippen LogP contribution in [0.1, 0.15) is 6.92 Å². The normalized spacial score (nSPS) is 9.76. The van der Waals surface area contributed by atoms with Crippen LogP contribution in [0.25, 0.3) is 0 Å². The number of carbonyl (C=O) groups is 1. The van der Waals surface area contributed by atoms with Gasteiger partial charge in [0.15, 0.2) is 0 Å². The number of carbonyl (C=O) groups excluding carboxylic acids is 1. The molecule has 0 spiro atoms. The highest BCUT2D eigenvalue weighted by Crippen LogP contribution is 2.20. The molecule has 0 saturated carbocycles. The molecule has 6 heteroatoms. The minimum atomic E-state index is -0.463. The first-order valence-electron chi connectivity index (χ1n) is 5.14. The number of nitro groups is 1. The predicted molar refractivity (Wildman–Crippen MR) is 63.0 cm³/mol. The van der Waals surface area contributed by atoms with Gasteiger partial charge in [-0.2, -0.15) is 0 Å². The molecular formula is C11H14N2O4. The lowest BCUT2D eigenvalue weighted by Gasteiger charge is -2.21. The molecule has 0 atom stereocenters. The Kier molecular flexibility index (Phi) is 4.45. The van der Waals surface area contributed by atoms with E-state index in [1.165, 1.54) is 19.2 Å². The van der Waals surface area contributed by atoms with E-state index in [4.69, 9.17) is 0 Å². The average Bonchev–Trinajstić information content (AvgIpc) is 2.35. The van der Waals surface area contributed by atoms with Gasteiger partial charge in [0.25, 0.3) is 5.69 Å². The third-order valence-electron chi connectivity index (χ3n) is 2.34. The van der Waals surface area contributed by atoms with E-state index in [1.807, 2.05) is 6.92 Å². The SMILES string of the molecule is CCN(CC(=O)OC)c1cccc([N+](=O)[O-])c1. The summed E-state index contributed by atoms with van der Waals surface area (Å²) >= 11 is 0. The fourth-order valence-electron chi connectivity index (χ4n) is 1.41. The van der Waals surface area contributed by atoms with Gasteiger partial charge in [-0.25, -0.2) is 0 Å². The topological polar surface area (TPSA) is 72.7 Å². The van der Waals surface area contributed by atoms with Gasteiger partial charge in [0.1, 0.15) is 6.54 Å². The number of anilines is 1. The van der Waals surface area contributed by atoms with E-state index in [0.717, 1.165) is 0 Å². The Morgan fingerprint density at radius 1 is 1.53 bits per heavy atom. The number of nitro benzene ring substituents is 1. The van der Waals surface area contributed by atoms with Crippen molar-refractivity contribution in [2.24, 2.45) is 0 Å². The highest BCUT2D eigenvalue weighted by molar-refractivity contribution is 5.76. The number of rotatable bonds is 5. The van der Waals surface area contributed by atoms with Crippen LogP contribution in [0.15, 0.2) is 24.3 Å². The smallest absolute Gasteiger partial charge is 0.325 e. The largest absolute Gasteiger partial charge is 0.468 e. The molecule has 6 nitrogen and oxygen atoms in total. The molecule has 0 unspecified atom stereocenters. The number of benzene rings is 1. The van der Waals surface area contributed by atoms with Crippen LogP contribution in [0.2, 0.25) is 0 Å². The quantitative estimate of drug-likeness (QED) is 0.442. The lowest BCUT2D eigenvalue weighted by molar-refractivity contribution is -0.384. The Balaban J connectivity index is 2.91. The molecule has 0 radical (unpaired) electrons. The van der Waals surface area contributed by atoms with Crippen LogP contribution < -0.4 is 4.90 Å². The molecular weight excluding hydrogens is 224 g/mol. The Morgan fingerprint density at radius 2 is 2.24 bits per heavy atom. The maximum atomic E-state index is 11.2. The number of methoxy groups -OCH3 is 1. The molecule has 0 saturated heterocycles. The molecule has 1 aromatic carbocycles.